The van der Waals surface area contributed by atoms with E-state index in [1.807, 2.05) is 76.3 Å². The van der Waals surface area contributed by atoms with Gasteiger partial charge in [-0.15, -0.1) is 19.7 Å². The van der Waals surface area contributed by atoms with Gasteiger partial charge in [-0.1, -0.05) is 287 Å². The molecule has 13 aromatic rings. The Labute approximate surface area is 518 Å². The lowest BCUT2D eigenvalue weighted by atomic mass is 9.91. The minimum Gasteiger partial charge on any atom is -0.311 e. The van der Waals surface area contributed by atoms with Gasteiger partial charge in [-0.2, -0.15) is 0 Å². The zero-order chi connectivity index (χ0) is 61.2. The largest absolute Gasteiger partial charge is 0.311 e. The van der Waals surface area contributed by atoms with Gasteiger partial charge in [-0.3, -0.25) is 0 Å². The van der Waals surface area contributed by atoms with Crippen LogP contribution in [0.3, 0.4) is 0 Å². The Morgan fingerprint density at radius 3 is 1.11 bits per heavy atom. The Balaban J connectivity index is 0.000000405. The number of benzene rings is 12. The van der Waals surface area contributed by atoms with E-state index in [1.165, 1.54) is 93.8 Å². The van der Waals surface area contributed by atoms with Crippen molar-refractivity contribution in [1.82, 2.24) is 4.57 Å². The summed E-state index contributed by atoms with van der Waals surface area (Å²) in [6.45, 7) is 21.6. The molecule has 12 aromatic carbocycles. The number of hydrogen-bond acceptors (Lipinski definition) is 1. The van der Waals surface area contributed by atoms with Crippen LogP contribution >= 0.6 is 0 Å². The quantitative estimate of drug-likeness (QED) is 0.0926. The van der Waals surface area contributed by atoms with Crippen LogP contribution in [0.4, 0.5) is 17.1 Å². The van der Waals surface area contributed by atoms with Crippen molar-refractivity contribution in [3.63, 3.8) is 0 Å². The fourth-order valence-electron chi connectivity index (χ4n) is 10.5. The fourth-order valence-corrected chi connectivity index (χ4v) is 10.5. The highest BCUT2D eigenvalue weighted by atomic mass is 15.1. The zero-order valence-corrected chi connectivity index (χ0v) is 51.4. The summed E-state index contributed by atoms with van der Waals surface area (Å²) in [5, 5.41) is 4.98. The smallest absolute Gasteiger partial charge is 0.0541 e. The van der Waals surface area contributed by atoms with Gasteiger partial charge >= 0.3 is 0 Å². The average Bonchev–Trinajstić information content (AvgIpc) is 2.35. The van der Waals surface area contributed by atoms with Crippen molar-refractivity contribution >= 4 is 49.6 Å². The van der Waals surface area contributed by atoms with Gasteiger partial charge in [0.1, 0.15) is 0 Å². The van der Waals surface area contributed by atoms with Crippen LogP contribution in [0.15, 0.2) is 347 Å². The fraction of sp³-hybridized carbons (Fsp3) is 0.0824. The molecule has 87 heavy (non-hydrogen) atoms. The van der Waals surface area contributed by atoms with Crippen molar-refractivity contribution in [1.29, 1.82) is 0 Å². The molecule has 0 aliphatic heterocycles. The second-order valence-electron chi connectivity index (χ2n) is 20.3. The number of aryl methyl sites for hydroxylation is 1. The molecule has 0 radical (unpaired) electrons. The Bertz CT molecular complexity index is 4220. The van der Waals surface area contributed by atoms with Crippen molar-refractivity contribution in [3.8, 4) is 61.3 Å². The minimum atomic E-state index is 1.08. The van der Waals surface area contributed by atoms with E-state index in [0.29, 0.717) is 0 Å². The lowest BCUT2D eigenvalue weighted by molar-refractivity contribution is 1.18. The molecule has 0 atom stereocenters. The van der Waals surface area contributed by atoms with Crippen LogP contribution in [0.1, 0.15) is 46.6 Å². The van der Waals surface area contributed by atoms with E-state index >= 15 is 0 Å². The molecular weight excluding hydrogens is 1050 g/mol. The Morgan fingerprint density at radius 2 is 0.678 bits per heavy atom. The third-order valence-corrected chi connectivity index (χ3v) is 14.8. The molecule has 0 unspecified atom stereocenters. The molecule has 0 N–H and O–H groups in total. The summed E-state index contributed by atoms with van der Waals surface area (Å²) >= 11 is 0. The van der Waals surface area contributed by atoms with Gasteiger partial charge in [-0.25, -0.2) is 0 Å². The molecule has 1 aromatic heterocycles. The highest BCUT2D eigenvalue weighted by Gasteiger charge is 2.17. The van der Waals surface area contributed by atoms with Crippen molar-refractivity contribution < 1.29 is 0 Å². The summed E-state index contributed by atoms with van der Waals surface area (Å²) in [6.07, 6.45) is 11.0. The molecule has 0 saturated carbocycles. The molecule has 0 aliphatic carbocycles. The van der Waals surface area contributed by atoms with Crippen molar-refractivity contribution in [2.75, 3.05) is 4.90 Å². The molecule has 0 bridgehead atoms. The Morgan fingerprint density at radius 1 is 0.345 bits per heavy atom. The first-order valence-corrected chi connectivity index (χ1v) is 30.3. The first kappa shape index (κ1) is 62.5. The third-order valence-electron chi connectivity index (χ3n) is 14.8. The maximum absolute atomic E-state index is 3.48. The summed E-state index contributed by atoms with van der Waals surface area (Å²) < 4.78 is 2.40. The second-order valence-corrected chi connectivity index (χ2v) is 20.3. The van der Waals surface area contributed by atoms with Crippen LogP contribution in [-0.4, -0.2) is 4.57 Å². The number of rotatable bonds is 11. The van der Waals surface area contributed by atoms with E-state index in [9.17, 15) is 0 Å². The van der Waals surface area contributed by atoms with Crippen LogP contribution in [-0.2, 0) is 0 Å². The molecule has 430 valence electrons. The van der Waals surface area contributed by atoms with E-state index < -0.39 is 0 Å². The van der Waals surface area contributed by atoms with E-state index in [2.05, 4.69) is 322 Å². The standard InChI is InChI=1S/C64H44N2.C7H8.C6H10.C4H8.C2H6.C2H4/c1-4-14-45(15-5-1)48-28-35-54(36-29-48)65(53-18-8-3-9-19-53)55-37-30-50(31-38-55)47-24-26-51(27-25-47)57-41-42-58(60-21-11-10-20-59(57)60)52-34-43-64-62(44-52)61-22-12-13-23-63(61)66(64)56-39-32-49(33-40-56)46-16-6-2-7-17-46;1-7-5-3-2-4-6-7;1-3-5-6-4-2;1-3-4-2;2*1-2/h1-44H;2-6H,1H3;3-6H,1-2H3;3H,1,4H2,2H3;1-2H3;1-2H2/b;;5-3-,6-4-;;;. The van der Waals surface area contributed by atoms with Crippen LogP contribution < -0.4 is 4.90 Å². The van der Waals surface area contributed by atoms with Gasteiger partial charge in [-0.05, 0) is 160 Å². The average molecular weight is 1130 g/mol. The summed E-state index contributed by atoms with van der Waals surface area (Å²) in [6, 6.07) is 107. The van der Waals surface area contributed by atoms with Crippen LogP contribution in [0.5, 0.6) is 0 Å². The van der Waals surface area contributed by atoms with E-state index in [1.54, 1.807) is 0 Å². The number of fused-ring (bicyclic) bond motifs is 4. The normalized spacial score (nSPS) is 10.5. The molecule has 0 aliphatic rings. The summed E-state index contributed by atoms with van der Waals surface area (Å²) in [7, 11) is 0. The van der Waals surface area contributed by atoms with Gasteiger partial charge in [0.15, 0.2) is 0 Å². The SMILES string of the molecule is C/C=C\C=C/C.C=C.C=CCC.CC.Cc1ccccc1.c1ccc(-c2ccc(N(c3ccccc3)c3ccc(-c4ccc(-c5ccc(-c6ccc7c(c6)c6ccccc6n7-c6ccc(-c7ccccc7)cc6)c6ccccc56)cc4)cc3)cc2)cc1. The van der Waals surface area contributed by atoms with Gasteiger partial charge < -0.3 is 9.47 Å². The van der Waals surface area contributed by atoms with Gasteiger partial charge in [0, 0.05) is 33.5 Å². The number of para-hydroxylation sites is 2. The predicted molar refractivity (Wildman–Crippen MR) is 384 cm³/mol. The monoisotopic (exact) mass is 1130 g/mol. The lowest BCUT2D eigenvalue weighted by Gasteiger charge is -2.26. The molecule has 0 fully saturated rings. The molecule has 2 heteroatoms. The Hall–Kier alpha value is -10.5. The topological polar surface area (TPSA) is 8.17 Å². The molecular formula is C85H80N2. The second kappa shape index (κ2) is 32.5. The molecule has 0 amide bonds. The van der Waals surface area contributed by atoms with Gasteiger partial charge in [0.05, 0.1) is 11.0 Å². The van der Waals surface area contributed by atoms with Gasteiger partial charge in [0.25, 0.3) is 0 Å². The van der Waals surface area contributed by atoms with Gasteiger partial charge in [0.2, 0.25) is 0 Å². The van der Waals surface area contributed by atoms with Crippen molar-refractivity contribution in [3.05, 3.63) is 353 Å². The zero-order valence-electron chi connectivity index (χ0n) is 51.4. The van der Waals surface area contributed by atoms with Crippen molar-refractivity contribution in [2.45, 2.75) is 48.0 Å². The number of aromatic nitrogens is 1. The third kappa shape index (κ3) is 15.6. The van der Waals surface area contributed by atoms with Crippen LogP contribution in [0.25, 0.3) is 93.9 Å². The van der Waals surface area contributed by atoms with E-state index in [-0.39, 0.29) is 0 Å². The summed E-state index contributed by atoms with van der Waals surface area (Å²) in [5.41, 5.74) is 20.3. The number of anilines is 3. The first-order chi connectivity index (χ1) is 43.0. The maximum Gasteiger partial charge on any atom is 0.0541 e. The molecule has 1 heterocycles. The van der Waals surface area contributed by atoms with Crippen LogP contribution in [0.2, 0.25) is 0 Å². The molecule has 13 rings (SSSR count). The molecule has 2 nitrogen and oxygen atoms in total. The number of nitrogens with zero attached hydrogens (tertiary/aromatic N) is 2. The first-order valence-electron chi connectivity index (χ1n) is 30.3. The summed E-state index contributed by atoms with van der Waals surface area (Å²) in [5.74, 6) is 0. The minimum absolute atomic E-state index is 1.08. The Kier molecular flexibility index (Phi) is 23.3. The van der Waals surface area contributed by atoms with E-state index in [4.69, 9.17) is 0 Å². The molecule has 0 spiro atoms. The number of hydrogen-bond donors (Lipinski definition) is 0. The predicted octanol–water partition coefficient (Wildman–Crippen LogP) is 25.3. The van der Waals surface area contributed by atoms with E-state index in [0.717, 1.165) is 29.2 Å². The lowest BCUT2D eigenvalue weighted by Crippen LogP contribution is -2.09. The number of allylic oxidation sites excluding steroid dienone is 5. The van der Waals surface area contributed by atoms with Crippen LogP contribution in [0, 0.1) is 6.92 Å². The molecule has 0 saturated heterocycles. The highest BCUT2D eigenvalue weighted by Crippen LogP contribution is 2.41. The highest BCUT2D eigenvalue weighted by molar-refractivity contribution is 6.12. The maximum atomic E-state index is 3.48. The summed E-state index contributed by atoms with van der Waals surface area (Å²) in [4.78, 5) is 2.32. The van der Waals surface area contributed by atoms with Crippen molar-refractivity contribution in [2.24, 2.45) is 0 Å².